The lowest BCUT2D eigenvalue weighted by Gasteiger charge is -2.06. The van der Waals surface area contributed by atoms with Crippen molar-refractivity contribution in [1.29, 1.82) is 0 Å². The number of hydrogen-bond donors (Lipinski definition) is 2. The lowest BCUT2D eigenvalue weighted by atomic mass is 10.3. The Morgan fingerprint density at radius 2 is 1.75 bits per heavy atom. The Morgan fingerprint density at radius 3 is 2.25 bits per heavy atom. The predicted octanol–water partition coefficient (Wildman–Crippen LogP) is 4.04. The predicted molar refractivity (Wildman–Crippen MR) is 68.0 cm³/mol. The molecule has 0 aliphatic rings. The van der Waals surface area contributed by atoms with E-state index in [-0.39, 0.29) is 6.03 Å². The van der Waals surface area contributed by atoms with E-state index in [1.54, 1.807) is 24.4 Å². The molecule has 5 heteroatoms. The molecule has 1 aromatic carbocycles. The summed E-state index contributed by atoms with van der Waals surface area (Å²) in [5, 5.41) is 6.14. The van der Waals surface area contributed by atoms with Gasteiger partial charge >= 0.3 is 6.03 Å². The van der Waals surface area contributed by atoms with E-state index >= 15 is 0 Å². The van der Waals surface area contributed by atoms with Crippen molar-refractivity contribution in [3.8, 4) is 0 Å². The number of rotatable bonds is 2. The van der Waals surface area contributed by atoms with E-state index in [9.17, 15) is 4.79 Å². The van der Waals surface area contributed by atoms with Crippen LogP contribution < -0.4 is 10.6 Å². The monoisotopic (exact) mass is 258 g/mol. The molecule has 0 aliphatic heterocycles. The highest BCUT2D eigenvalue weighted by Gasteiger charge is 2.02. The average Bonchev–Trinajstić information content (AvgIpc) is 2.12. The minimum atomic E-state index is -0.334. The molecule has 0 heterocycles. The van der Waals surface area contributed by atoms with Gasteiger partial charge in [-0.25, -0.2) is 4.79 Å². The first kappa shape index (κ1) is 12.9. The van der Waals surface area contributed by atoms with Crippen LogP contribution in [0.4, 0.5) is 10.5 Å². The molecule has 0 saturated carbocycles. The minimum absolute atomic E-state index is 0.334. The number of benzene rings is 1. The molecule has 2 N–H and O–H groups in total. The summed E-state index contributed by atoms with van der Waals surface area (Å²) in [6.45, 7) is 3.77. The third-order valence-corrected chi connectivity index (χ3v) is 2.05. The summed E-state index contributed by atoms with van der Waals surface area (Å²) in [6.07, 6.45) is 1.61. The molecule has 0 atom stereocenters. The first-order valence-electron chi connectivity index (χ1n) is 4.64. The zero-order valence-corrected chi connectivity index (χ0v) is 10.5. The molecule has 0 aliphatic carbocycles. The summed E-state index contributed by atoms with van der Waals surface area (Å²) in [7, 11) is 0. The van der Waals surface area contributed by atoms with Crippen LogP contribution in [0.5, 0.6) is 0 Å². The second-order valence-corrected chi connectivity index (χ2v) is 4.35. The van der Waals surface area contributed by atoms with Crippen molar-refractivity contribution in [3.63, 3.8) is 0 Å². The molecular formula is C11H12Cl2N2O. The highest BCUT2D eigenvalue weighted by Crippen LogP contribution is 2.22. The third kappa shape index (κ3) is 4.55. The molecule has 86 valence electrons. The molecule has 16 heavy (non-hydrogen) atoms. The standard InChI is InChI=1S/C11H12Cl2N2O/c1-7(2)6-14-11(16)15-10-4-8(12)3-9(13)5-10/h3-6H,1-2H3,(H2,14,15,16). The molecule has 0 aromatic heterocycles. The van der Waals surface area contributed by atoms with Gasteiger partial charge in [-0.15, -0.1) is 0 Å². The smallest absolute Gasteiger partial charge is 0.314 e. The van der Waals surface area contributed by atoms with Crippen molar-refractivity contribution in [2.24, 2.45) is 0 Å². The van der Waals surface area contributed by atoms with E-state index in [0.29, 0.717) is 15.7 Å². The van der Waals surface area contributed by atoms with Crippen LogP contribution in [-0.2, 0) is 0 Å². The average molecular weight is 259 g/mol. The molecule has 0 spiro atoms. The van der Waals surface area contributed by atoms with Crippen molar-refractivity contribution < 1.29 is 4.79 Å². The second-order valence-electron chi connectivity index (χ2n) is 3.48. The third-order valence-electron chi connectivity index (χ3n) is 1.61. The first-order chi connectivity index (χ1) is 7.47. The van der Waals surface area contributed by atoms with Gasteiger partial charge in [0, 0.05) is 21.9 Å². The number of anilines is 1. The van der Waals surface area contributed by atoms with Gasteiger partial charge in [-0.05, 0) is 32.0 Å². The lowest BCUT2D eigenvalue weighted by molar-refractivity contribution is 0.255. The molecule has 3 nitrogen and oxygen atoms in total. The van der Waals surface area contributed by atoms with E-state index in [0.717, 1.165) is 5.57 Å². The Bertz CT molecular complexity index is 406. The topological polar surface area (TPSA) is 41.1 Å². The Labute approximate surface area is 104 Å². The van der Waals surface area contributed by atoms with Gasteiger partial charge in [-0.3, -0.25) is 0 Å². The summed E-state index contributed by atoms with van der Waals surface area (Å²) >= 11 is 11.6. The number of halogens is 2. The second kappa shape index (κ2) is 5.77. The molecule has 1 rings (SSSR count). The molecule has 0 radical (unpaired) electrons. The van der Waals surface area contributed by atoms with Crippen molar-refractivity contribution in [3.05, 3.63) is 40.0 Å². The van der Waals surface area contributed by atoms with Crippen LogP contribution in [0.1, 0.15) is 13.8 Å². The fourth-order valence-corrected chi connectivity index (χ4v) is 1.53. The SMILES string of the molecule is CC(C)=CNC(=O)Nc1cc(Cl)cc(Cl)c1. The normalized spacial score (nSPS) is 9.50. The lowest BCUT2D eigenvalue weighted by Crippen LogP contribution is -2.24. The quantitative estimate of drug-likeness (QED) is 0.826. The van der Waals surface area contributed by atoms with Gasteiger partial charge in [0.2, 0.25) is 0 Å². The Balaban J connectivity index is 2.66. The number of hydrogen-bond acceptors (Lipinski definition) is 1. The summed E-state index contributed by atoms with van der Waals surface area (Å²) in [6, 6.07) is 4.51. The molecule has 2 amide bonds. The van der Waals surface area contributed by atoms with Crippen molar-refractivity contribution >= 4 is 34.9 Å². The highest BCUT2D eigenvalue weighted by atomic mass is 35.5. The largest absolute Gasteiger partial charge is 0.323 e. The zero-order valence-electron chi connectivity index (χ0n) is 8.97. The molecule has 0 unspecified atom stereocenters. The number of urea groups is 1. The zero-order chi connectivity index (χ0) is 12.1. The van der Waals surface area contributed by atoms with Crippen LogP contribution in [0.3, 0.4) is 0 Å². The first-order valence-corrected chi connectivity index (χ1v) is 5.40. The van der Waals surface area contributed by atoms with Gasteiger partial charge in [0.15, 0.2) is 0 Å². The number of carbonyl (C=O) groups is 1. The summed E-state index contributed by atoms with van der Waals surface area (Å²) in [4.78, 5) is 11.4. The molecular weight excluding hydrogens is 247 g/mol. The fraction of sp³-hybridized carbons (Fsp3) is 0.182. The highest BCUT2D eigenvalue weighted by molar-refractivity contribution is 6.35. The van der Waals surface area contributed by atoms with Crippen LogP contribution >= 0.6 is 23.2 Å². The van der Waals surface area contributed by atoms with Gasteiger partial charge in [0.05, 0.1) is 0 Å². The van der Waals surface area contributed by atoms with Crippen LogP contribution in [0, 0.1) is 0 Å². The molecule has 0 fully saturated rings. The van der Waals surface area contributed by atoms with E-state index in [1.165, 1.54) is 0 Å². The molecule has 0 bridgehead atoms. The number of amides is 2. The summed E-state index contributed by atoms with van der Waals surface area (Å²) < 4.78 is 0. The summed E-state index contributed by atoms with van der Waals surface area (Å²) in [5.74, 6) is 0. The maximum absolute atomic E-state index is 11.4. The Morgan fingerprint density at radius 1 is 1.19 bits per heavy atom. The van der Waals surface area contributed by atoms with E-state index in [1.807, 2.05) is 13.8 Å². The van der Waals surface area contributed by atoms with E-state index < -0.39 is 0 Å². The Kier molecular flexibility index (Phi) is 4.65. The van der Waals surface area contributed by atoms with Crippen LogP contribution in [0.25, 0.3) is 0 Å². The van der Waals surface area contributed by atoms with Gasteiger partial charge in [-0.1, -0.05) is 28.8 Å². The Hall–Kier alpha value is -1.19. The van der Waals surface area contributed by atoms with Gasteiger partial charge < -0.3 is 10.6 Å². The molecule has 0 saturated heterocycles. The van der Waals surface area contributed by atoms with Gasteiger partial charge in [0.1, 0.15) is 0 Å². The maximum Gasteiger partial charge on any atom is 0.323 e. The van der Waals surface area contributed by atoms with Crippen LogP contribution in [0.15, 0.2) is 30.0 Å². The van der Waals surface area contributed by atoms with Crippen molar-refractivity contribution in [1.82, 2.24) is 5.32 Å². The number of allylic oxidation sites excluding steroid dienone is 1. The maximum atomic E-state index is 11.4. The van der Waals surface area contributed by atoms with Crippen LogP contribution in [0.2, 0.25) is 10.0 Å². The molecule has 1 aromatic rings. The van der Waals surface area contributed by atoms with Crippen molar-refractivity contribution in [2.45, 2.75) is 13.8 Å². The minimum Gasteiger partial charge on any atom is -0.314 e. The summed E-state index contributed by atoms with van der Waals surface area (Å²) in [5.41, 5.74) is 1.55. The number of carbonyl (C=O) groups excluding carboxylic acids is 1. The van der Waals surface area contributed by atoms with Gasteiger partial charge in [0.25, 0.3) is 0 Å². The van der Waals surface area contributed by atoms with Crippen LogP contribution in [-0.4, -0.2) is 6.03 Å². The van der Waals surface area contributed by atoms with E-state index in [4.69, 9.17) is 23.2 Å². The van der Waals surface area contributed by atoms with E-state index in [2.05, 4.69) is 10.6 Å². The fourth-order valence-electron chi connectivity index (χ4n) is 1.00. The number of nitrogens with one attached hydrogen (secondary N) is 2. The van der Waals surface area contributed by atoms with Crippen molar-refractivity contribution in [2.75, 3.05) is 5.32 Å². The van der Waals surface area contributed by atoms with Gasteiger partial charge in [-0.2, -0.15) is 0 Å².